The lowest BCUT2D eigenvalue weighted by atomic mass is 10.2. The molecule has 0 bridgehead atoms. The Kier molecular flexibility index (Phi) is 4.79. The fraction of sp³-hybridized carbons (Fsp3) is 0.105. The van der Waals surface area contributed by atoms with E-state index in [4.69, 9.17) is 9.15 Å². The molecular weight excluding hydrogens is 353 g/mol. The third kappa shape index (κ3) is 3.83. The van der Waals surface area contributed by atoms with Crippen molar-refractivity contribution in [1.29, 1.82) is 0 Å². The van der Waals surface area contributed by atoms with Gasteiger partial charge in [0.1, 0.15) is 17.1 Å². The molecule has 0 radical (unpaired) electrons. The van der Waals surface area contributed by atoms with Gasteiger partial charge in [-0.25, -0.2) is 4.39 Å². The maximum absolute atomic E-state index is 12.9. The van der Waals surface area contributed by atoms with Crippen LogP contribution in [-0.2, 0) is 12.4 Å². The third-order valence-corrected chi connectivity index (χ3v) is 4.56. The van der Waals surface area contributed by atoms with E-state index in [1.807, 2.05) is 30.3 Å². The lowest BCUT2D eigenvalue weighted by molar-refractivity contribution is 0.254. The summed E-state index contributed by atoms with van der Waals surface area (Å²) >= 11 is 1.39. The summed E-state index contributed by atoms with van der Waals surface area (Å²) in [5, 5.41) is 9.45. The molecule has 7 heteroatoms. The van der Waals surface area contributed by atoms with Crippen molar-refractivity contribution in [1.82, 2.24) is 15.2 Å². The summed E-state index contributed by atoms with van der Waals surface area (Å²) in [7, 11) is 0. The van der Waals surface area contributed by atoms with Crippen molar-refractivity contribution >= 4 is 22.7 Å². The SMILES string of the molecule is Fc1ccc(CSc2nnc(COc3cccc4cccnc34)o2)cc1. The zero-order valence-corrected chi connectivity index (χ0v) is 14.4. The highest BCUT2D eigenvalue weighted by molar-refractivity contribution is 7.98. The first-order valence-corrected chi connectivity index (χ1v) is 8.93. The zero-order chi connectivity index (χ0) is 17.8. The lowest BCUT2D eigenvalue weighted by Gasteiger charge is -2.06. The number of ether oxygens (including phenoxy) is 1. The quantitative estimate of drug-likeness (QED) is 0.463. The molecule has 0 spiro atoms. The summed E-state index contributed by atoms with van der Waals surface area (Å²) in [6.45, 7) is 0.166. The van der Waals surface area contributed by atoms with Crippen LogP contribution in [-0.4, -0.2) is 15.2 Å². The van der Waals surface area contributed by atoms with E-state index in [0.717, 1.165) is 16.5 Å². The molecule has 0 amide bonds. The van der Waals surface area contributed by atoms with Crippen LogP contribution in [0.25, 0.3) is 10.9 Å². The molecule has 0 aliphatic carbocycles. The maximum atomic E-state index is 12.9. The van der Waals surface area contributed by atoms with E-state index in [9.17, 15) is 4.39 Å². The molecule has 0 saturated heterocycles. The Morgan fingerprint density at radius 2 is 1.85 bits per heavy atom. The number of pyridine rings is 1. The van der Waals surface area contributed by atoms with Crippen LogP contribution in [0.3, 0.4) is 0 Å². The van der Waals surface area contributed by atoms with Crippen LogP contribution in [0.4, 0.5) is 4.39 Å². The van der Waals surface area contributed by atoms with Gasteiger partial charge in [0, 0.05) is 17.3 Å². The van der Waals surface area contributed by atoms with E-state index in [2.05, 4.69) is 15.2 Å². The predicted octanol–water partition coefficient (Wildman–Crippen LogP) is 4.63. The molecule has 2 aromatic carbocycles. The highest BCUT2D eigenvalue weighted by Gasteiger charge is 2.09. The van der Waals surface area contributed by atoms with E-state index in [-0.39, 0.29) is 12.4 Å². The fourth-order valence-corrected chi connectivity index (χ4v) is 3.15. The van der Waals surface area contributed by atoms with E-state index in [1.54, 1.807) is 18.3 Å². The summed E-state index contributed by atoms with van der Waals surface area (Å²) in [5.41, 5.74) is 1.77. The highest BCUT2D eigenvalue weighted by Crippen LogP contribution is 2.25. The predicted molar refractivity (Wildman–Crippen MR) is 96.3 cm³/mol. The molecule has 4 rings (SSSR count). The standard InChI is InChI=1S/C19H14FN3O2S/c20-15-8-6-13(7-9-15)12-26-19-23-22-17(25-19)11-24-16-5-1-3-14-4-2-10-21-18(14)16/h1-10H,11-12H2. The summed E-state index contributed by atoms with van der Waals surface area (Å²) in [4.78, 5) is 4.35. The van der Waals surface area contributed by atoms with Crippen molar-refractivity contribution < 1.29 is 13.5 Å². The molecular formula is C19H14FN3O2S. The van der Waals surface area contributed by atoms with Crippen molar-refractivity contribution in [2.24, 2.45) is 0 Å². The van der Waals surface area contributed by atoms with Gasteiger partial charge in [-0.1, -0.05) is 42.1 Å². The monoisotopic (exact) mass is 367 g/mol. The van der Waals surface area contributed by atoms with Gasteiger partial charge in [-0.05, 0) is 29.8 Å². The molecule has 0 aliphatic heterocycles. The van der Waals surface area contributed by atoms with Crippen LogP contribution in [0, 0.1) is 5.82 Å². The average Bonchev–Trinajstić information content (AvgIpc) is 3.14. The largest absolute Gasteiger partial charge is 0.482 e. The molecule has 2 aromatic heterocycles. The van der Waals surface area contributed by atoms with Gasteiger partial charge in [-0.2, -0.15) is 0 Å². The van der Waals surface area contributed by atoms with Crippen molar-refractivity contribution in [3.05, 3.63) is 78.1 Å². The van der Waals surface area contributed by atoms with Crippen molar-refractivity contribution in [3.63, 3.8) is 0 Å². The van der Waals surface area contributed by atoms with Crippen LogP contribution < -0.4 is 4.74 Å². The number of hydrogen-bond acceptors (Lipinski definition) is 6. The molecule has 0 unspecified atom stereocenters. The molecule has 4 aromatic rings. The van der Waals surface area contributed by atoms with Crippen LogP contribution in [0.5, 0.6) is 5.75 Å². The molecule has 0 fully saturated rings. The minimum atomic E-state index is -0.251. The van der Waals surface area contributed by atoms with Crippen molar-refractivity contribution in [3.8, 4) is 5.75 Å². The average molecular weight is 367 g/mol. The fourth-order valence-electron chi connectivity index (χ4n) is 2.41. The number of nitrogens with zero attached hydrogens (tertiary/aromatic N) is 3. The van der Waals surface area contributed by atoms with E-state index in [1.165, 1.54) is 23.9 Å². The third-order valence-electron chi connectivity index (χ3n) is 3.67. The van der Waals surface area contributed by atoms with Crippen LogP contribution >= 0.6 is 11.8 Å². The van der Waals surface area contributed by atoms with E-state index in [0.29, 0.717) is 22.6 Å². The molecule has 0 aliphatic rings. The van der Waals surface area contributed by atoms with Gasteiger partial charge in [0.05, 0.1) is 0 Å². The molecule has 0 saturated carbocycles. The Morgan fingerprint density at radius 1 is 1.00 bits per heavy atom. The van der Waals surface area contributed by atoms with Gasteiger partial charge >= 0.3 is 0 Å². The van der Waals surface area contributed by atoms with Gasteiger partial charge in [0.15, 0.2) is 6.61 Å². The van der Waals surface area contributed by atoms with Crippen molar-refractivity contribution in [2.75, 3.05) is 0 Å². The van der Waals surface area contributed by atoms with Gasteiger partial charge in [0.25, 0.3) is 11.1 Å². The molecule has 0 N–H and O–H groups in total. The minimum Gasteiger partial charge on any atom is -0.482 e. The summed E-state index contributed by atoms with van der Waals surface area (Å²) in [5.74, 6) is 1.43. The number of aromatic nitrogens is 3. The second-order valence-electron chi connectivity index (χ2n) is 5.50. The summed E-state index contributed by atoms with van der Waals surface area (Å²) < 4.78 is 24.3. The topological polar surface area (TPSA) is 61.0 Å². The molecule has 0 atom stereocenters. The first-order chi connectivity index (χ1) is 12.8. The first-order valence-electron chi connectivity index (χ1n) is 7.94. The minimum absolute atomic E-state index is 0.166. The van der Waals surface area contributed by atoms with Crippen LogP contribution in [0.1, 0.15) is 11.5 Å². The van der Waals surface area contributed by atoms with Gasteiger partial charge in [0.2, 0.25) is 0 Å². The second kappa shape index (κ2) is 7.53. The second-order valence-corrected chi connectivity index (χ2v) is 6.42. The van der Waals surface area contributed by atoms with Crippen molar-refractivity contribution in [2.45, 2.75) is 17.6 Å². The number of halogens is 1. The number of hydrogen-bond donors (Lipinski definition) is 0. The molecule has 130 valence electrons. The Hall–Kier alpha value is -2.93. The molecule has 26 heavy (non-hydrogen) atoms. The normalized spacial score (nSPS) is 11.0. The Balaban J connectivity index is 1.38. The first kappa shape index (κ1) is 16.5. The number of fused-ring (bicyclic) bond motifs is 1. The van der Waals surface area contributed by atoms with Gasteiger partial charge in [-0.15, -0.1) is 10.2 Å². The number of para-hydroxylation sites is 1. The molecule has 2 heterocycles. The van der Waals surface area contributed by atoms with Gasteiger partial charge in [-0.3, -0.25) is 4.98 Å². The summed E-state index contributed by atoms with van der Waals surface area (Å²) in [6, 6.07) is 15.9. The van der Waals surface area contributed by atoms with Gasteiger partial charge < -0.3 is 9.15 Å². The summed E-state index contributed by atoms with van der Waals surface area (Å²) in [6.07, 6.45) is 1.73. The Labute approximate surface area is 153 Å². The number of thioether (sulfide) groups is 1. The molecule has 5 nitrogen and oxygen atoms in total. The number of benzene rings is 2. The van der Waals surface area contributed by atoms with E-state index >= 15 is 0 Å². The smallest absolute Gasteiger partial charge is 0.277 e. The van der Waals surface area contributed by atoms with Crippen LogP contribution in [0.15, 0.2) is 70.4 Å². The zero-order valence-electron chi connectivity index (χ0n) is 13.6. The number of rotatable bonds is 6. The lowest BCUT2D eigenvalue weighted by Crippen LogP contribution is -1.97. The Morgan fingerprint density at radius 3 is 2.73 bits per heavy atom. The maximum Gasteiger partial charge on any atom is 0.277 e. The van der Waals surface area contributed by atoms with Crippen LogP contribution in [0.2, 0.25) is 0 Å². The van der Waals surface area contributed by atoms with E-state index < -0.39 is 0 Å². The Bertz CT molecular complexity index is 1020. The highest BCUT2D eigenvalue weighted by atomic mass is 32.2.